The van der Waals surface area contributed by atoms with E-state index in [1.165, 1.54) is 23.8 Å². The Morgan fingerprint density at radius 3 is 2.66 bits per heavy atom. The van der Waals surface area contributed by atoms with E-state index in [2.05, 4.69) is 12.1 Å². The van der Waals surface area contributed by atoms with Gasteiger partial charge in [-0.1, -0.05) is 18.2 Å². The van der Waals surface area contributed by atoms with Gasteiger partial charge in [0.25, 0.3) is 5.69 Å². The minimum atomic E-state index is -1.20. The number of imide groups is 1. The number of aromatic nitrogens is 1. The van der Waals surface area contributed by atoms with Crippen LogP contribution in [0.5, 0.6) is 0 Å². The number of benzene rings is 1. The fourth-order valence-corrected chi connectivity index (χ4v) is 5.54. The number of nitriles is 1. The Kier molecular flexibility index (Phi) is 4.77. The number of pyridine rings is 1. The van der Waals surface area contributed by atoms with Gasteiger partial charge in [0.2, 0.25) is 11.8 Å². The Morgan fingerprint density at radius 2 is 1.88 bits per heavy atom. The first-order chi connectivity index (χ1) is 15.5. The van der Waals surface area contributed by atoms with E-state index < -0.39 is 28.1 Å². The highest BCUT2D eigenvalue weighted by atomic mass is 16.6. The quantitative estimate of drug-likeness (QED) is 0.418. The molecule has 3 aliphatic rings. The van der Waals surface area contributed by atoms with E-state index in [4.69, 9.17) is 4.98 Å². The van der Waals surface area contributed by atoms with Crippen LogP contribution in [-0.4, -0.2) is 21.7 Å². The molecule has 0 unspecified atom stereocenters. The molecule has 1 fully saturated rings. The summed E-state index contributed by atoms with van der Waals surface area (Å²) in [5, 5.41) is 21.9. The van der Waals surface area contributed by atoms with Crippen molar-refractivity contribution < 1.29 is 14.5 Å². The van der Waals surface area contributed by atoms with Crippen LogP contribution in [0.3, 0.4) is 0 Å². The lowest BCUT2D eigenvalue weighted by Crippen LogP contribution is -2.43. The molecule has 32 heavy (non-hydrogen) atoms. The first-order valence-corrected chi connectivity index (χ1v) is 11.0. The number of carbonyl (C=O) groups is 2. The molecule has 1 aliphatic heterocycles. The highest BCUT2D eigenvalue weighted by molar-refractivity contribution is 6.22. The largest absolute Gasteiger partial charge is 0.293 e. The van der Waals surface area contributed by atoms with E-state index in [0.29, 0.717) is 12.1 Å². The van der Waals surface area contributed by atoms with Crippen LogP contribution in [0.4, 0.5) is 11.4 Å². The number of nitro benzene ring substituents is 1. The molecule has 0 bridgehead atoms. The number of hydrogen-bond acceptors (Lipinski definition) is 6. The highest BCUT2D eigenvalue weighted by Crippen LogP contribution is 2.48. The zero-order valence-electron chi connectivity index (χ0n) is 17.5. The Labute approximate surface area is 185 Å². The van der Waals surface area contributed by atoms with Gasteiger partial charge in [0, 0.05) is 18.2 Å². The first-order valence-electron chi connectivity index (χ1n) is 11.0. The average Bonchev–Trinajstić information content (AvgIpc) is 3.11. The van der Waals surface area contributed by atoms with Gasteiger partial charge < -0.3 is 0 Å². The van der Waals surface area contributed by atoms with Gasteiger partial charge in [0.1, 0.15) is 11.1 Å². The van der Waals surface area contributed by atoms with Crippen molar-refractivity contribution >= 4 is 23.2 Å². The maximum atomic E-state index is 13.6. The van der Waals surface area contributed by atoms with E-state index in [9.17, 15) is 25.0 Å². The Balaban J connectivity index is 1.60. The fourth-order valence-electron chi connectivity index (χ4n) is 5.54. The van der Waals surface area contributed by atoms with Gasteiger partial charge in [-0.25, -0.2) is 4.90 Å². The Morgan fingerprint density at radius 1 is 1.12 bits per heavy atom. The Hall–Kier alpha value is -3.60. The van der Waals surface area contributed by atoms with Crippen molar-refractivity contribution in [2.24, 2.45) is 5.92 Å². The summed E-state index contributed by atoms with van der Waals surface area (Å²) in [6, 6.07) is 10.2. The minimum Gasteiger partial charge on any atom is -0.274 e. The molecule has 0 saturated carbocycles. The molecule has 0 spiro atoms. The zero-order valence-corrected chi connectivity index (χ0v) is 17.5. The number of fused-ring (bicyclic) bond motifs is 2. The van der Waals surface area contributed by atoms with Crippen LogP contribution in [0.15, 0.2) is 30.3 Å². The van der Waals surface area contributed by atoms with Crippen LogP contribution in [0, 0.1) is 27.4 Å². The van der Waals surface area contributed by atoms with Crippen LogP contribution in [0.25, 0.3) is 0 Å². The number of para-hydroxylation sites is 2. The number of nitrogens with zero attached hydrogens (tertiary/aromatic N) is 4. The molecular formula is C24H22N4O4. The lowest BCUT2D eigenvalue weighted by Gasteiger charge is -2.36. The van der Waals surface area contributed by atoms with Crippen molar-refractivity contribution in [1.82, 2.24) is 4.98 Å². The SMILES string of the molecule is N#C[C@@]1([C@@H]2CC(=O)N(c3ccccc3[N+](=O)[O-])C2=O)CCCc2cc3c(nc21)CCCC3. The minimum absolute atomic E-state index is 0.0440. The summed E-state index contributed by atoms with van der Waals surface area (Å²) in [7, 11) is 0. The molecule has 1 aromatic carbocycles. The maximum Gasteiger partial charge on any atom is 0.293 e. The molecule has 2 heterocycles. The number of anilines is 1. The lowest BCUT2D eigenvalue weighted by molar-refractivity contribution is -0.384. The summed E-state index contributed by atoms with van der Waals surface area (Å²) in [5.74, 6) is -1.99. The second kappa shape index (κ2) is 7.52. The molecule has 1 aromatic heterocycles. The lowest BCUT2D eigenvalue weighted by atomic mass is 9.65. The number of carbonyl (C=O) groups excluding carboxylic acids is 2. The summed E-state index contributed by atoms with van der Waals surface area (Å²) < 4.78 is 0. The predicted octanol–water partition coefficient (Wildman–Crippen LogP) is 3.55. The number of rotatable bonds is 3. The fraction of sp³-hybridized carbons (Fsp3) is 0.417. The van der Waals surface area contributed by atoms with Crippen LogP contribution in [0.2, 0.25) is 0 Å². The van der Waals surface area contributed by atoms with Gasteiger partial charge in [-0.05, 0) is 62.1 Å². The molecule has 8 nitrogen and oxygen atoms in total. The number of hydrogen-bond donors (Lipinski definition) is 0. The molecule has 5 rings (SSSR count). The summed E-state index contributed by atoms with van der Waals surface area (Å²) in [6.45, 7) is 0. The van der Waals surface area contributed by atoms with Gasteiger partial charge in [-0.2, -0.15) is 5.26 Å². The third-order valence-electron chi connectivity index (χ3n) is 7.08. The van der Waals surface area contributed by atoms with E-state index in [1.54, 1.807) is 6.07 Å². The molecule has 2 amide bonds. The molecule has 1 saturated heterocycles. The summed E-state index contributed by atoms with van der Waals surface area (Å²) in [5.41, 5.74) is 2.27. The molecule has 0 radical (unpaired) electrons. The van der Waals surface area contributed by atoms with Crippen LogP contribution < -0.4 is 4.90 Å². The number of amides is 2. The van der Waals surface area contributed by atoms with Crippen molar-refractivity contribution in [3.63, 3.8) is 0 Å². The molecule has 2 aliphatic carbocycles. The van der Waals surface area contributed by atoms with E-state index in [0.717, 1.165) is 54.7 Å². The second-order valence-electron chi connectivity index (χ2n) is 8.82. The van der Waals surface area contributed by atoms with Crippen LogP contribution in [-0.2, 0) is 34.3 Å². The molecular weight excluding hydrogens is 408 g/mol. The van der Waals surface area contributed by atoms with Crippen molar-refractivity contribution in [1.29, 1.82) is 5.26 Å². The summed E-state index contributed by atoms with van der Waals surface area (Å²) >= 11 is 0. The molecule has 8 heteroatoms. The first kappa shape index (κ1) is 20.3. The molecule has 0 N–H and O–H groups in total. The van der Waals surface area contributed by atoms with Gasteiger partial charge in [0.05, 0.1) is 22.6 Å². The smallest absolute Gasteiger partial charge is 0.274 e. The summed E-state index contributed by atoms with van der Waals surface area (Å²) in [4.78, 5) is 43.2. The van der Waals surface area contributed by atoms with Crippen LogP contribution >= 0.6 is 0 Å². The standard InChI is InChI=1S/C24H22N4O4/c25-14-24(11-5-7-16-12-15-6-1-2-8-18(15)26-22(16)24)17-13-21(29)27(23(17)30)19-9-3-4-10-20(19)28(31)32/h3-4,9-10,12,17H,1-2,5-8,11,13H2/t17-,24-/m1/s1. The van der Waals surface area contributed by atoms with Crippen molar-refractivity contribution in [2.75, 3.05) is 4.90 Å². The van der Waals surface area contributed by atoms with Gasteiger partial charge in [0.15, 0.2) is 0 Å². The zero-order chi connectivity index (χ0) is 22.5. The normalized spacial score (nSPS) is 24.6. The molecule has 2 aromatic rings. The van der Waals surface area contributed by atoms with Crippen LogP contribution in [0.1, 0.15) is 54.6 Å². The van der Waals surface area contributed by atoms with Gasteiger partial charge in [-0.15, -0.1) is 0 Å². The van der Waals surface area contributed by atoms with E-state index >= 15 is 0 Å². The van der Waals surface area contributed by atoms with Crippen molar-refractivity contribution in [3.8, 4) is 6.07 Å². The predicted molar refractivity (Wildman–Crippen MR) is 115 cm³/mol. The van der Waals surface area contributed by atoms with Gasteiger partial charge in [-0.3, -0.25) is 24.7 Å². The molecule has 2 atom stereocenters. The maximum absolute atomic E-state index is 13.6. The van der Waals surface area contributed by atoms with E-state index in [1.807, 2.05) is 0 Å². The number of nitro groups is 1. The third-order valence-corrected chi connectivity index (χ3v) is 7.08. The highest BCUT2D eigenvalue weighted by Gasteiger charge is 2.56. The topological polar surface area (TPSA) is 117 Å². The monoisotopic (exact) mass is 430 g/mol. The molecule has 162 valence electrons. The number of aryl methyl sites for hydroxylation is 3. The van der Waals surface area contributed by atoms with Crippen molar-refractivity contribution in [3.05, 3.63) is 63.0 Å². The van der Waals surface area contributed by atoms with E-state index in [-0.39, 0.29) is 17.8 Å². The van der Waals surface area contributed by atoms with Crippen molar-refractivity contribution in [2.45, 2.75) is 56.8 Å². The Bertz CT molecular complexity index is 1200. The third kappa shape index (κ3) is 2.92. The van der Waals surface area contributed by atoms with Gasteiger partial charge >= 0.3 is 0 Å². The second-order valence-corrected chi connectivity index (χ2v) is 8.82. The summed E-state index contributed by atoms with van der Waals surface area (Å²) in [6.07, 6.45) is 5.80. The average molecular weight is 430 g/mol.